The lowest BCUT2D eigenvalue weighted by atomic mass is 9.93. The van der Waals surface area contributed by atoms with Gasteiger partial charge in [-0.3, -0.25) is 9.59 Å². The maximum absolute atomic E-state index is 13.0. The van der Waals surface area contributed by atoms with Gasteiger partial charge in [-0.25, -0.2) is 0 Å². The van der Waals surface area contributed by atoms with Crippen LogP contribution in [0.15, 0.2) is 12.1 Å². The number of carbonyl (C=O) groups excluding carboxylic acids is 2. The average Bonchev–Trinajstić information content (AvgIpc) is 3.41. The number of piperidine rings is 2. The van der Waals surface area contributed by atoms with Gasteiger partial charge < -0.3 is 30.3 Å². The summed E-state index contributed by atoms with van der Waals surface area (Å²) in [5.74, 6) is 1.40. The van der Waals surface area contributed by atoms with Crippen LogP contribution in [0, 0.1) is 11.8 Å². The number of nitrogens with two attached hydrogens (primary N) is 1. The molecule has 2 aliphatic heterocycles. The highest BCUT2D eigenvalue weighted by Gasteiger charge is 2.34. The highest BCUT2D eigenvalue weighted by atomic mass is 35.5. The Balaban J connectivity index is 1.27. The Bertz CT molecular complexity index is 900. The van der Waals surface area contributed by atoms with Gasteiger partial charge in [0.05, 0.1) is 35.5 Å². The molecular weight excluding hydrogens is 468 g/mol. The number of ether oxygens (including phenoxy) is 2. The lowest BCUT2D eigenvalue weighted by molar-refractivity contribution is -0.136. The predicted octanol–water partition coefficient (Wildman–Crippen LogP) is 3.18. The first-order chi connectivity index (χ1) is 16.9. The minimum absolute atomic E-state index is 0.101. The zero-order valence-electron chi connectivity index (χ0n) is 20.9. The second kappa shape index (κ2) is 11.8. The number of methoxy groups -OCH3 is 2. The van der Waals surface area contributed by atoms with Crippen molar-refractivity contribution < 1.29 is 19.1 Å². The number of hydrogen-bond acceptors (Lipinski definition) is 6. The molecule has 3 aliphatic rings. The summed E-state index contributed by atoms with van der Waals surface area (Å²) in [5.41, 5.74) is 6.58. The number of rotatable bonds is 7. The molecule has 0 bridgehead atoms. The van der Waals surface area contributed by atoms with Crippen LogP contribution in [0.1, 0.15) is 55.3 Å². The molecule has 0 spiro atoms. The molecule has 1 saturated carbocycles. The molecule has 3 N–H and O–H groups in total. The Morgan fingerprint density at radius 3 is 2.46 bits per heavy atom. The molecule has 2 atom stereocenters. The van der Waals surface area contributed by atoms with Crippen molar-refractivity contribution >= 4 is 29.1 Å². The van der Waals surface area contributed by atoms with Crippen LogP contribution < -0.4 is 15.8 Å². The molecule has 2 amide bonds. The van der Waals surface area contributed by atoms with Crippen LogP contribution in [0.25, 0.3) is 0 Å². The topological polar surface area (TPSA) is 97.1 Å². The van der Waals surface area contributed by atoms with Crippen LogP contribution in [0.2, 0.25) is 5.02 Å². The van der Waals surface area contributed by atoms with E-state index in [-0.39, 0.29) is 24.0 Å². The maximum Gasteiger partial charge on any atom is 0.255 e. The number of amides is 2. The summed E-state index contributed by atoms with van der Waals surface area (Å²) in [7, 11) is 3.20. The summed E-state index contributed by atoms with van der Waals surface area (Å²) in [5, 5.41) is 3.44. The Morgan fingerprint density at radius 1 is 1.09 bits per heavy atom. The fourth-order valence-corrected chi connectivity index (χ4v) is 6.01. The smallest absolute Gasteiger partial charge is 0.255 e. The van der Waals surface area contributed by atoms with Crippen molar-refractivity contribution in [1.29, 1.82) is 0 Å². The third-order valence-corrected chi connectivity index (χ3v) is 8.30. The SMILES string of the molecule is COc1cc(N)c(Cl)cc1C(=O)N[C@@H]1CCN(CC2CCN(C(=O)C3CCCC3)CC2)C[C@@H]1OC. The van der Waals surface area contributed by atoms with Gasteiger partial charge in [0, 0.05) is 51.8 Å². The zero-order valence-corrected chi connectivity index (χ0v) is 21.7. The van der Waals surface area contributed by atoms with Crippen molar-refractivity contribution in [2.45, 2.75) is 57.1 Å². The first kappa shape index (κ1) is 26.0. The first-order valence-corrected chi connectivity index (χ1v) is 13.2. The summed E-state index contributed by atoms with van der Waals surface area (Å²) >= 11 is 6.14. The lowest BCUT2D eigenvalue weighted by Crippen LogP contribution is -2.55. The summed E-state index contributed by atoms with van der Waals surface area (Å²) < 4.78 is 11.1. The maximum atomic E-state index is 13.0. The van der Waals surface area contributed by atoms with E-state index < -0.39 is 0 Å². The van der Waals surface area contributed by atoms with Crippen molar-refractivity contribution in [3.05, 3.63) is 22.7 Å². The number of carbonyl (C=O) groups is 2. The van der Waals surface area contributed by atoms with Crippen molar-refractivity contribution in [3.8, 4) is 5.75 Å². The minimum atomic E-state index is -0.247. The average molecular weight is 507 g/mol. The van der Waals surface area contributed by atoms with Crippen molar-refractivity contribution in [2.24, 2.45) is 11.8 Å². The van der Waals surface area contributed by atoms with E-state index in [4.69, 9.17) is 26.8 Å². The Kier molecular flexibility index (Phi) is 8.78. The van der Waals surface area contributed by atoms with Crippen molar-refractivity contribution in [1.82, 2.24) is 15.1 Å². The quantitative estimate of drug-likeness (QED) is 0.551. The number of likely N-dealkylation sites (tertiary alicyclic amines) is 2. The summed E-state index contributed by atoms with van der Waals surface area (Å²) in [6.07, 6.45) is 7.35. The predicted molar refractivity (Wildman–Crippen MR) is 137 cm³/mol. The molecule has 2 saturated heterocycles. The molecule has 1 aliphatic carbocycles. The van der Waals surface area contributed by atoms with Crippen molar-refractivity contribution in [3.63, 3.8) is 0 Å². The highest BCUT2D eigenvalue weighted by Crippen LogP contribution is 2.30. The molecule has 0 radical (unpaired) electrons. The van der Waals surface area contributed by atoms with E-state index in [0.717, 1.165) is 64.8 Å². The molecule has 2 heterocycles. The van der Waals surface area contributed by atoms with Gasteiger partial charge in [0.1, 0.15) is 5.75 Å². The van der Waals surface area contributed by atoms with Gasteiger partial charge in [-0.05, 0) is 44.1 Å². The Hall–Kier alpha value is -2.03. The van der Waals surface area contributed by atoms with Crippen LogP contribution in [0.3, 0.4) is 0 Å². The largest absolute Gasteiger partial charge is 0.496 e. The molecule has 0 aromatic heterocycles. The van der Waals surface area contributed by atoms with Crippen LogP contribution >= 0.6 is 11.6 Å². The number of halogens is 1. The molecule has 35 heavy (non-hydrogen) atoms. The second-order valence-corrected chi connectivity index (χ2v) is 10.6. The number of anilines is 1. The molecule has 1 aromatic rings. The van der Waals surface area contributed by atoms with E-state index in [0.29, 0.717) is 33.8 Å². The summed E-state index contributed by atoms with van der Waals surface area (Å²) in [4.78, 5) is 30.3. The number of nitrogen functional groups attached to an aromatic ring is 1. The van der Waals surface area contributed by atoms with Crippen LogP contribution in [0.4, 0.5) is 5.69 Å². The first-order valence-electron chi connectivity index (χ1n) is 12.9. The van der Waals surface area contributed by atoms with E-state index in [9.17, 15) is 9.59 Å². The molecule has 3 fully saturated rings. The van der Waals surface area contributed by atoms with Crippen LogP contribution in [0.5, 0.6) is 5.75 Å². The fourth-order valence-electron chi connectivity index (χ4n) is 5.84. The van der Waals surface area contributed by atoms with E-state index in [1.54, 1.807) is 19.2 Å². The van der Waals surface area contributed by atoms with Gasteiger partial charge in [-0.15, -0.1) is 0 Å². The number of hydrogen-bond donors (Lipinski definition) is 2. The molecular formula is C26H39ClN4O4. The molecule has 4 rings (SSSR count). The van der Waals surface area contributed by atoms with Gasteiger partial charge in [-0.1, -0.05) is 24.4 Å². The highest BCUT2D eigenvalue weighted by molar-refractivity contribution is 6.33. The monoisotopic (exact) mass is 506 g/mol. The fraction of sp³-hybridized carbons (Fsp3) is 0.692. The lowest BCUT2D eigenvalue weighted by Gasteiger charge is -2.41. The van der Waals surface area contributed by atoms with E-state index in [1.807, 2.05) is 0 Å². The summed E-state index contributed by atoms with van der Waals surface area (Å²) in [6.45, 7) is 4.43. The van der Waals surface area contributed by atoms with E-state index >= 15 is 0 Å². The zero-order chi connectivity index (χ0) is 24.9. The van der Waals surface area contributed by atoms with Crippen molar-refractivity contribution in [2.75, 3.05) is 52.7 Å². The third kappa shape index (κ3) is 6.22. The van der Waals surface area contributed by atoms with Crippen LogP contribution in [-0.4, -0.2) is 80.7 Å². The molecule has 0 unspecified atom stereocenters. The minimum Gasteiger partial charge on any atom is -0.496 e. The normalized spacial score (nSPS) is 24.5. The standard InChI is InChI=1S/C26H39ClN4O4/c1-34-23-14-21(28)20(27)13-19(23)25(32)29-22-9-10-30(16-24(22)35-2)15-17-7-11-31(12-8-17)26(33)18-5-3-4-6-18/h13-14,17-18,22,24H,3-12,15-16,28H2,1-2H3,(H,29,32)/t22-,24+/m1/s1. The summed E-state index contributed by atoms with van der Waals surface area (Å²) in [6, 6.07) is 3.02. The molecule has 1 aromatic carbocycles. The molecule has 8 nitrogen and oxygen atoms in total. The van der Waals surface area contributed by atoms with Gasteiger partial charge in [0.2, 0.25) is 5.91 Å². The number of nitrogens with one attached hydrogen (secondary N) is 1. The second-order valence-electron chi connectivity index (χ2n) is 10.2. The van der Waals surface area contributed by atoms with Gasteiger partial charge >= 0.3 is 0 Å². The van der Waals surface area contributed by atoms with Gasteiger partial charge in [0.15, 0.2) is 0 Å². The third-order valence-electron chi connectivity index (χ3n) is 7.97. The van der Waals surface area contributed by atoms with E-state index in [1.165, 1.54) is 20.0 Å². The van der Waals surface area contributed by atoms with Gasteiger partial charge in [-0.2, -0.15) is 0 Å². The van der Waals surface area contributed by atoms with E-state index in [2.05, 4.69) is 15.1 Å². The number of benzene rings is 1. The number of nitrogens with zero attached hydrogens (tertiary/aromatic N) is 2. The molecule has 194 valence electrons. The van der Waals surface area contributed by atoms with Gasteiger partial charge in [0.25, 0.3) is 5.91 Å². The molecule has 9 heteroatoms. The Morgan fingerprint density at radius 2 is 1.80 bits per heavy atom. The Labute approximate surface area is 213 Å². The van der Waals surface area contributed by atoms with Crippen LogP contribution in [-0.2, 0) is 9.53 Å².